The largest absolute Gasteiger partial charge is 0.508 e. The number of fused-ring (bicyclic) bond motifs is 3. The van der Waals surface area contributed by atoms with Crippen molar-refractivity contribution in [3.05, 3.63) is 47.7 Å². The van der Waals surface area contributed by atoms with E-state index in [2.05, 4.69) is 25.2 Å². The van der Waals surface area contributed by atoms with E-state index in [1.807, 2.05) is 0 Å². The van der Waals surface area contributed by atoms with Crippen LogP contribution in [0, 0.1) is 11.6 Å². The maximum absolute atomic E-state index is 16.9. The van der Waals surface area contributed by atoms with Crippen LogP contribution in [0.5, 0.6) is 11.8 Å². The molecule has 4 aromatic rings. The first-order chi connectivity index (χ1) is 23.6. The molecule has 5 heterocycles. The summed E-state index contributed by atoms with van der Waals surface area (Å²) in [5.41, 5.74) is -0.333. The van der Waals surface area contributed by atoms with Gasteiger partial charge in [0.15, 0.2) is 5.82 Å². The van der Waals surface area contributed by atoms with Gasteiger partial charge in [-0.2, -0.15) is 18.7 Å². The van der Waals surface area contributed by atoms with E-state index in [1.165, 1.54) is 30.5 Å². The molecule has 0 radical (unpaired) electrons. The molecule has 3 aliphatic heterocycles. The fraction of sp³-hybridized carbons (Fsp3) is 0.486. The van der Waals surface area contributed by atoms with Crippen LogP contribution in [0.25, 0.3) is 32.9 Å². The summed E-state index contributed by atoms with van der Waals surface area (Å²) >= 11 is 0. The SMILES string of the molecule is CCc1c(F)ccc2cc(O)cc(-c3ncc4c(N5CCCC[C@@H](NC(=O)C(F)F)C5)nc(OC[C@@]56CCCN5C[C@H](F)C6)nc4c3F)c12. The van der Waals surface area contributed by atoms with Gasteiger partial charge in [0.05, 0.1) is 10.9 Å². The highest BCUT2D eigenvalue weighted by molar-refractivity contribution is 6.01. The summed E-state index contributed by atoms with van der Waals surface area (Å²) in [5, 5.41) is 14.1. The highest BCUT2D eigenvalue weighted by Crippen LogP contribution is 2.42. The maximum atomic E-state index is 16.9. The molecule has 0 saturated carbocycles. The molecule has 2 N–H and O–H groups in total. The number of pyridine rings is 1. The van der Waals surface area contributed by atoms with Gasteiger partial charge in [-0.05, 0) is 79.6 Å². The number of aryl methyl sites for hydroxylation is 1. The van der Waals surface area contributed by atoms with E-state index in [-0.39, 0.29) is 52.9 Å². The Hall–Kier alpha value is -4.33. The normalized spacial score (nSPS) is 23.0. The summed E-state index contributed by atoms with van der Waals surface area (Å²) in [6, 6.07) is 4.85. The van der Waals surface area contributed by atoms with Crippen molar-refractivity contribution in [3.8, 4) is 23.0 Å². The first-order valence-corrected chi connectivity index (χ1v) is 16.7. The van der Waals surface area contributed by atoms with Gasteiger partial charge >= 0.3 is 12.4 Å². The Kier molecular flexibility index (Phi) is 8.92. The van der Waals surface area contributed by atoms with Gasteiger partial charge in [0.25, 0.3) is 5.91 Å². The Morgan fingerprint density at radius 1 is 1.14 bits per heavy atom. The zero-order valence-corrected chi connectivity index (χ0v) is 27.0. The fourth-order valence-electron chi connectivity index (χ4n) is 7.91. The van der Waals surface area contributed by atoms with Crippen molar-refractivity contribution < 1.29 is 36.6 Å². The number of nitrogens with one attached hydrogen (secondary N) is 1. The summed E-state index contributed by atoms with van der Waals surface area (Å²) in [6.45, 7) is 3.46. The molecule has 3 saturated heterocycles. The highest BCUT2D eigenvalue weighted by atomic mass is 19.3. The summed E-state index contributed by atoms with van der Waals surface area (Å²) in [7, 11) is 0. The average molecular weight is 685 g/mol. The minimum atomic E-state index is -3.17. The lowest BCUT2D eigenvalue weighted by molar-refractivity contribution is -0.132. The lowest BCUT2D eigenvalue weighted by atomic mass is 9.94. The molecule has 3 fully saturated rings. The average Bonchev–Trinajstić information content (AvgIpc) is 3.49. The lowest BCUT2D eigenvalue weighted by Crippen LogP contribution is -2.45. The van der Waals surface area contributed by atoms with Crippen LogP contribution in [-0.4, -0.2) is 87.8 Å². The number of ether oxygens (including phenoxy) is 1. The number of rotatable bonds is 8. The number of phenolic OH excluding ortho intramolecular Hbond substituents is 1. The number of halogens is 5. The minimum Gasteiger partial charge on any atom is -0.508 e. The molecule has 2 aromatic carbocycles. The number of amides is 1. The zero-order chi connectivity index (χ0) is 34.4. The summed E-state index contributed by atoms with van der Waals surface area (Å²) in [6.07, 6.45) is 1.22. The van der Waals surface area contributed by atoms with Gasteiger partial charge < -0.3 is 20.1 Å². The van der Waals surface area contributed by atoms with E-state index in [1.54, 1.807) is 11.8 Å². The molecular weight excluding hydrogens is 647 g/mol. The standard InChI is InChI=1S/C35H37F5N6O3/c1-2-23-26(37)8-7-19-12-22(47)13-24(27(19)23)29-28(38)30-25(15-41-29)32(45-10-4-3-6-21(17-45)42-33(48)31(39)40)44-34(43-30)49-18-35-9-5-11-46(35)16-20(36)14-35/h7-8,12-13,15,20-21,31,47H,2-6,9-11,14,16-18H2,1H3,(H,42,48)/t20-,21-,35+/m1/s1. The smallest absolute Gasteiger partial charge is 0.319 e. The van der Waals surface area contributed by atoms with Gasteiger partial charge in [-0.3, -0.25) is 14.7 Å². The Morgan fingerprint density at radius 3 is 2.78 bits per heavy atom. The van der Waals surface area contributed by atoms with Gasteiger partial charge in [0.1, 0.15) is 41.4 Å². The van der Waals surface area contributed by atoms with Crippen molar-refractivity contribution >= 4 is 33.4 Å². The number of carbonyl (C=O) groups excluding carboxylic acids is 1. The first-order valence-electron chi connectivity index (χ1n) is 16.7. The molecule has 260 valence electrons. The molecule has 3 atom stereocenters. The van der Waals surface area contributed by atoms with E-state index in [9.17, 15) is 27.5 Å². The number of benzene rings is 2. The number of anilines is 1. The number of aromatic nitrogens is 3. The summed E-state index contributed by atoms with van der Waals surface area (Å²) < 4.78 is 78.8. The number of alkyl halides is 3. The minimum absolute atomic E-state index is 0.0847. The van der Waals surface area contributed by atoms with Crippen molar-refractivity contribution in [2.45, 2.75) is 76.0 Å². The van der Waals surface area contributed by atoms with Crippen molar-refractivity contribution in [1.29, 1.82) is 0 Å². The Bertz CT molecular complexity index is 1910. The Labute approximate surface area is 279 Å². The molecule has 0 spiro atoms. The highest BCUT2D eigenvalue weighted by Gasteiger charge is 2.49. The zero-order valence-electron chi connectivity index (χ0n) is 27.0. The molecule has 49 heavy (non-hydrogen) atoms. The van der Waals surface area contributed by atoms with Crippen LogP contribution in [0.3, 0.4) is 0 Å². The van der Waals surface area contributed by atoms with Gasteiger partial charge in [-0.1, -0.05) is 13.0 Å². The number of aromatic hydroxyl groups is 1. The second kappa shape index (κ2) is 13.2. The number of phenols is 1. The number of carbonyl (C=O) groups is 1. The van der Waals surface area contributed by atoms with Crippen molar-refractivity contribution in [3.63, 3.8) is 0 Å². The molecule has 0 aliphatic carbocycles. The van der Waals surface area contributed by atoms with Crippen LogP contribution >= 0.6 is 0 Å². The second-order valence-electron chi connectivity index (χ2n) is 13.3. The molecule has 9 nitrogen and oxygen atoms in total. The van der Waals surface area contributed by atoms with Crippen molar-refractivity contribution in [2.75, 3.05) is 37.7 Å². The number of nitrogens with zero attached hydrogens (tertiary/aromatic N) is 5. The van der Waals surface area contributed by atoms with Crippen LogP contribution < -0.4 is 15.0 Å². The monoisotopic (exact) mass is 684 g/mol. The van der Waals surface area contributed by atoms with Crippen molar-refractivity contribution in [1.82, 2.24) is 25.2 Å². The topological polar surface area (TPSA) is 104 Å². The van der Waals surface area contributed by atoms with Crippen LogP contribution in [-0.2, 0) is 11.2 Å². The molecule has 14 heteroatoms. The molecule has 1 amide bonds. The molecule has 0 unspecified atom stereocenters. The number of hydrogen-bond acceptors (Lipinski definition) is 8. The predicted molar refractivity (Wildman–Crippen MR) is 174 cm³/mol. The van der Waals surface area contributed by atoms with E-state index in [0.29, 0.717) is 61.5 Å². The van der Waals surface area contributed by atoms with Gasteiger partial charge in [0.2, 0.25) is 0 Å². The second-order valence-corrected chi connectivity index (χ2v) is 13.3. The van der Waals surface area contributed by atoms with Crippen LogP contribution in [0.15, 0.2) is 30.5 Å². The first kappa shape index (κ1) is 33.2. The third-order valence-corrected chi connectivity index (χ3v) is 10.2. The van der Waals surface area contributed by atoms with Gasteiger partial charge in [-0.25, -0.2) is 13.2 Å². The van der Waals surface area contributed by atoms with Gasteiger partial charge in [-0.15, -0.1) is 0 Å². The van der Waals surface area contributed by atoms with E-state index < -0.39 is 41.7 Å². The summed E-state index contributed by atoms with van der Waals surface area (Å²) in [4.78, 5) is 29.4. The quantitative estimate of drug-likeness (QED) is 0.215. The van der Waals surface area contributed by atoms with Gasteiger partial charge in [0, 0.05) is 43.9 Å². The molecule has 2 aromatic heterocycles. The third-order valence-electron chi connectivity index (χ3n) is 10.2. The predicted octanol–water partition coefficient (Wildman–Crippen LogP) is 6.09. The maximum Gasteiger partial charge on any atom is 0.319 e. The fourth-order valence-corrected chi connectivity index (χ4v) is 7.91. The molecule has 0 bridgehead atoms. The van der Waals surface area contributed by atoms with Crippen LogP contribution in [0.4, 0.5) is 27.8 Å². The lowest BCUT2D eigenvalue weighted by Gasteiger charge is -2.31. The van der Waals surface area contributed by atoms with E-state index in [0.717, 1.165) is 19.4 Å². The van der Waals surface area contributed by atoms with Crippen molar-refractivity contribution in [2.24, 2.45) is 0 Å². The molecular formula is C35H37F5N6O3. The molecule has 7 rings (SSSR count). The van der Waals surface area contributed by atoms with E-state index >= 15 is 4.39 Å². The Morgan fingerprint density at radius 2 is 1.98 bits per heavy atom. The Balaban J connectivity index is 1.35. The number of hydrogen-bond donors (Lipinski definition) is 2. The van der Waals surface area contributed by atoms with E-state index in [4.69, 9.17) is 4.74 Å². The third kappa shape index (κ3) is 6.19. The molecule has 3 aliphatic rings. The summed E-state index contributed by atoms with van der Waals surface area (Å²) in [5.74, 6) is -2.61. The van der Waals surface area contributed by atoms with Crippen LogP contribution in [0.1, 0.15) is 51.0 Å². The van der Waals surface area contributed by atoms with Crippen LogP contribution in [0.2, 0.25) is 0 Å².